The summed E-state index contributed by atoms with van der Waals surface area (Å²) in [7, 11) is -5.23. The molecular formula is C84H108F4MgNO20S2+. The number of nitrogens with zero attached hydrogens (tertiary/aromatic N) is 1. The third-order valence-corrected chi connectivity index (χ3v) is 26.4. The molecule has 5 heterocycles. The topological polar surface area (TPSA) is 318 Å². The quantitative estimate of drug-likeness (QED) is 0.00875. The minimum absolute atomic E-state index is 0. The van der Waals surface area contributed by atoms with E-state index in [1.807, 2.05) is 86.6 Å². The zero-order chi connectivity index (χ0) is 82.7. The first-order valence-corrected chi connectivity index (χ1v) is 40.8. The first-order valence-electron chi connectivity index (χ1n) is 38.0. The molecule has 0 spiro atoms. The van der Waals surface area contributed by atoms with Gasteiger partial charge in [-0.05, 0) is 243 Å². The van der Waals surface area contributed by atoms with Crippen LogP contribution in [0.4, 0.5) is 17.6 Å². The number of rotatable bonds is 19. The van der Waals surface area contributed by atoms with Crippen LogP contribution in [0, 0.1) is 74.4 Å². The molecule has 8 aliphatic rings. The van der Waals surface area contributed by atoms with Crippen LogP contribution in [0.2, 0.25) is 0 Å². The van der Waals surface area contributed by atoms with Gasteiger partial charge in [0.2, 0.25) is 21.8 Å². The van der Waals surface area contributed by atoms with E-state index in [-0.39, 0.29) is 105 Å². The molecule has 0 amide bonds. The number of esters is 5. The number of pyridine rings is 1. The summed E-state index contributed by atoms with van der Waals surface area (Å²) in [5.74, 6) is 1.15. The van der Waals surface area contributed by atoms with E-state index in [0.29, 0.717) is 30.9 Å². The molecule has 4 aliphatic carbocycles. The molecule has 13 atom stereocenters. The van der Waals surface area contributed by atoms with Gasteiger partial charge in [-0.15, -0.1) is 0 Å². The number of fused-ring (bicyclic) bond motifs is 12. The summed E-state index contributed by atoms with van der Waals surface area (Å²) < 4.78 is 119. The SMILES string of the molecule is CCC(C)(C)C(=O)O.CCC(C)(C)C(=O)OC(CS(=O)(=O)[O-])C(F)(F)F.CCC(C)(C)C(=O)OC1(CC)CC2CC1C1C3CCC(C3)C21.CCC(C)(C)C(=O)OC1C2CC3C(=O)OC1C3O2.CCC(C)(C)C(=O)Oc1ccc(O)cc1.O=C([O-])c1ccnc(F)c1.[Mg+2].c1ccc([S+]2c3ccccc3Oc3ccccc32)cc1. The zero-order valence-corrected chi connectivity index (χ0v) is 69.9. The van der Waals surface area contributed by atoms with Gasteiger partial charge in [0.1, 0.15) is 34.1 Å². The molecular weight excluding hydrogens is 1510 g/mol. The Morgan fingerprint density at radius 2 is 1.16 bits per heavy atom. The largest absolute Gasteiger partial charge is 2.00 e. The molecule has 6 bridgehead atoms. The summed E-state index contributed by atoms with van der Waals surface area (Å²) in [6.07, 6.45) is 3.58. The minimum atomic E-state index is -5.15. The fourth-order valence-corrected chi connectivity index (χ4v) is 17.3. The predicted molar refractivity (Wildman–Crippen MR) is 408 cm³/mol. The average Bonchev–Trinajstić information content (AvgIpc) is 1.54. The number of para-hydroxylation sites is 2. The Kier molecular flexibility index (Phi) is 32.0. The van der Waals surface area contributed by atoms with Crippen molar-refractivity contribution in [1.29, 1.82) is 0 Å². The molecule has 5 aromatic rings. The van der Waals surface area contributed by atoms with Crippen LogP contribution in [0.3, 0.4) is 0 Å². The molecule has 4 aromatic carbocycles. The van der Waals surface area contributed by atoms with Gasteiger partial charge >= 0.3 is 65.0 Å². The van der Waals surface area contributed by atoms with Crippen molar-refractivity contribution in [2.75, 3.05) is 5.75 Å². The molecule has 4 aliphatic heterocycles. The molecule has 2 N–H and O–H groups in total. The minimum Gasteiger partial charge on any atom is -0.748 e. The number of hydrogen-bond acceptors (Lipinski definition) is 20. The number of halogens is 4. The second-order valence-corrected chi connectivity index (χ2v) is 36.1. The van der Waals surface area contributed by atoms with E-state index >= 15 is 0 Å². The van der Waals surface area contributed by atoms with Crippen LogP contribution in [0.5, 0.6) is 23.0 Å². The number of aliphatic carboxylic acids is 1. The summed E-state index contributed by atoms with van der Waals surface area (Å²) >= 11 is 0. The van der Waals surface area contributed by atoms with Crippen LogP contribution in [-0.2, 0) is 73.5 Å². The molecule has 13 unspecified atom stereocenters. The van der Waals surface area contributed by atoms with E-state index in [9.17, 15) is 69.2 Å². The van der Waals surface area contributed by atoms with Crippen molar-refractivity contribution in [3.8, 4) is 23.0 Å². The number of aromatic nitrogens is 1. The maximum Gasteiger partial charge on any atom is 2.00 e. The number of carboxylic acid groups (broad SMARTS) is 2. The van der Waals surface area contributed by atoms with Gasteiger partial charge in [-0.25, -0.2) is 13.4 Å². The van der Waals surface area contributed by atoms with Crippen LogP contribution in [0.15, 0.2) is 136 Å². The van der Waals surface area contributed by atoms with Crippen LogP contribution in [0.25, 0.3) is 0 Å². The molecule has 0 radical (unpaired) electrons. The zero-order valence-electron chi connectivity index (χ0n) is 66.9. The second-order valence-electron chi connectivity index (χ2n) is 32.7. The van der Waals surface area contributed by atoms with Gasteiger partial charge < -0.3 is 57.8 Å². The number of carbonyl (C=O) groups is 7. The van der Waals surface area contributed by atoms with Gasteiger partial charge in [0.15, 0.2) is 28.6 Å². The van der Waals surface area contributed by atoms with Crippen molar-refractivity contribution in [3.63, 3.8) is 0 Å². The third-order valence-electron chi connectivity index (χ3n) is 23.3. The number of aromatic carboxylic acids is 1. The Labute approximate surface area is 674 Å². The normalized spacial score (nSPS) is 24.1. The Morgan fingerprint density at radius 1 is 0.652 bits per heavy atom. The Morgan fingerprint density at radius 3 is 1.64 bits per heavy atom. The molecule has 13 rings (SSSR count). The number of benzene rings is 4. The molecule has 3 saturated heterocycles. The monoisotopic (exact) mass is 1610 g/mol. The Hall–Kier alpha value is -7.37. The first-order chi connectivity index (χ1) is 51.7. The fraction of sp³-hybridized carbons (Fsp3) is 0.571. The summed E-state index contributed by atoms with van der Waals surface area (Å²) in [6, 6.07) is 35.4. The maximum atomic E-state index is 12.7. The van der Waals surface area contributed by atoms with E-state index < -0.39 is 85.9 Å². The molecule has 4 saturated carbocycles. The van der Waals surface area contributed by atoms with Gasteiger partial charge in [-0.3, -0.25) is 28.8 Å². The third kappa shape index (κ3) is 23.0. The van der Waals surface area contributed by atoms with Crippen molar-refractivity contribution in [1.82, 2.24) is 4.98 Å². The number of hydrogen-bond donors (Lipinski definition) is 2. The van der Waals surface area contributed by atoms with Crippen molar-refractivity contribution in [2.24, 2.45) is 68.5 Å². The van der Waals surface area contributed by atoms with Crippen molar-refractivity contribution >= 4 is 85.9 Å². The van der Waals surface area contributed by atoms with Gasteiger partial charge in [0.05, 0.1) is 60.9 Å². The molecule has 7 fully saturated rings. The average molecular weight is 1620 g/mol. The molecule has 112 heavy (non-hydrogen) atoms. The van der Waals surface area contributed by atoms with Crippen molar-refractivity contribution in [2.45, 2.75) is 245 Å². The molecule has 21 nitrogen and oxygen atoms in total. The van der Waals surface area contributed by atoms with Crippen molar-refractivity contribution in [3.05, 3.63) is 133 Å². The number of carboxylic acids is 2. The number of phenols is 1. The number of carbonyl (C=O) groups excluding carboxylic acids is 6. The van der Waals surface area contributed by atoms with Crippen molar-refractivity contribution < 1.29 is 113 Å². The number of alkyl halides is 3. The van der Waals surface area contributed by atoms with Crippen LogP contribution >= 0.6 is 0 Å². The first kappa shape index (κ1) is 93.5. The maximum absolute atomic E-state index is 12.7. The summed E-state index contributed by atoms with van der Waals surface area (Å²) in [4.78, 5) is 86.7. The van der Waals surface area contributed by atoms with E-state index in [2.05, 4.69) is 78.2 Å². The Balaban J connectivity index is 0.000000207. The molecule has 610 valence electrons. The van der Waals surface area contributed by atoms with Gasteiger partial charge in [-0.2, -0.15) is 17.6 Å². The number of ether oxygens (including phenoxy) is 7. The summed E-state index contributed by atoms with van der Waals surface area (Å²) in [5.41, 5.74) is -3.37. The standard InChI is InChI=1S/C20H32O2.C18H13OS.C13H18O5.C12H16O3.C9H15F3O5S.C6H4FNO2.C6H12O2.Mg/c1-5-19(3,4)18(21)22-20(6-2)11-14-10-15(20)17-13-8-7-12(9-13)16(14)17;1-2-8-14(9-3-1)20-17-12-6-4-10-15(17)19-16-11-5-7-13-18(16)20;1-4-13(2,3)12(15)18-9-7-5-6-8(16-7)10(9)17-11(6)14;1-4-12(2,3)11(14)15-10-7-5-9(13)6-8-10;1-4-8(2,3)7(13)17-6(9(10,11)12)5-18(14,15)16;7-5-3-4(6(9)10)1-2-8-5;1-4-6(2,3)5(7)8;/h12-17H,5-11H2,1-4H3;1-13H;6-10H,4-5H2,1-3H3;5-8,13H,4H2,1-3H3;6H,4-5H2,1-3H3,(H,14,15,16);1-3H,(H,9,10);4H2,1-3H3,(H,7,8);/q;+1;;;;;;+2/p-2. The number of aromatic hydroxyl groups is 1. The van der Waals surface area contributed by atoms with Gasteiger partial charge in [-0.1, -0.05) is 84.0 Å². The predicted octanol–water partition coefficient (Wildman–Crippen LogP) is 15.6. The number of phenolic OH excluding ortho intramolecular Hbond substituents is 1. The summed E-state index contributed by atoms with van der Waals surface area (Å²) in [6.45, 7) is 29.3. The van der Waals surface area contributed by atoms with E-state index in [1.54, 1.807) is 32.9 Å². The molecule has 28 heteroatoms. The van der Waals surface area contributed by atoms with Crippen LogP contribution in [0.1, 0.15) is 198 Å². The molecule has 1 aromatic heterocycles. The van der Waals surface area contributed by atoms with E-state index in [1.165, 1.54) is 72.4 Å². The Bertz CT molecular complexity index is 4130. The van der Waals surface area contributed by atoms with Gasteiger partial charge in [0.25, 0.3) is 0 Å². The van der Waals surface area contributed by atoms with E-state index in [0.717, 1.165) is 79.0 Å². The van der Waals surface area contributed by atoms with Gasteiger partial charge in [0, 0.05) is 23.7 Å². The van der Waals surface area contributed by atoms with Crippen LogP contribution in [-0.4, -0.2) is 141 Å². The smallest absolute Gasteiger partial charge is 0.748 e. The second kappa shape index (κ2) is 38.4. The fourth-order valence-electron chi connectivity index (χ4n) is 14.4. The summed E-state index contributed by atoms with van der Waals surface area (Å²) in [5, 5.41) is 27.5. The van der Waals surface area contributed by atoms with Crippen LogP contribution < -0.4 is 14.6 Å². The van der Waals surface area contributed by atoms with E-state index in [4.69, 9.17) is 38.6 Å².